The Labute approximate surface area is 161 Å². The Bertz CT molecular complexity index is 837. The summed E-state index contributed by atoms with van der Waals surface area (Å²) in [7, 11) is 0. The Balaban J connectivity index is 1.89. The maximum absolute atomic E-state index is 12.6. The minimum absolute atomic E-state index is 0.0487. The number of carbonyl (C=O) groups is 1. The first-order valence-electron chi connectivity index (χ1n) is 8.80. The van der Waals surface area contributed by atoms with E-state index in [1.807, 2.05) is 0 Å². The second kappa shape index (κ2) is 8.38. The smallest absolute Gasteiger partial charge is 0.254 e. The molecule has 10 heteroatoms. The molecule has 3 rings (SSSR count). The van der Waals surface area contributed by atoms with E-state index in [2.05, 4.69) is 9.97 Å². The highest BCUT2D eigenvalue weighted by Gasteiger charge is 2.22. The number of nitrogens with two attached hydrogens (primary N) is 2. The molecule has 1 saturated heterocycles. The van der Waals surface area contributed by atoms with E-state index in [1.54, 1.807) is 29.2 Å². The second-order valence-corrected chi connectivity index (χ2v) is 6.38. The Hall–Kier alpha value is -2.95. The van der Waals surface area contributed by atoms with Crippen molar-refractivity contribution in [2.45, 2.75) is 19.3 Å². The Morgan fingerprint density at radius 2 is 1.82 bits per heavy atom. The molecule has 0 aliphatic carbocycles. The van der Waals surface area contributed by atoms with Gasteiger partial charge >= 0.3 is 0 Å². The lowest BCUT2D eigenvalue weighted by atomic mass is 10.0. The summed E-state index contributed by atoms with van der Waals surface area (Å²) in [6.45, 7) is 3.51. The zero-order valence-corrected chi connectivity index (χ0v) is 15.4. The van der Waals surface area contributed by atoms with Crippen molar-refractivity contribution in [3.05, 3.63) is 29.8 Å². The molecular weight excluding hydrogens is 366 g/mol. The molecule has 1 amide bonds. The fraction of sp³-hybridized carbons (Fsp3) is 0.389. The fourth-order valence-electron chi connectivity index (χ4n) is 2.77. The Morgan fingerprint density at radius 1 is 1.18 bits per heavy atom. The number of aliphatic hydroxyl groups is 2. The lowest BCUT2D eigenvalue weighted by molar-refractivity contribution is -0.0976. The Morgan fingerprint density at radius 3 is 2.43 bits per heavy atom. The van der Waals surface area contributed by atoms with Gasteiger partial charge in [-0.1, -0.05) is 12.1 Å². The molecule has 0 spiro atoms. The molecule has 0 bridgehead atoms. The van der Waals surface area contributed by atoms with Crippen LogP contribution in [0.3, 0.4) is 0 Å². The van der Waals surface area contributed by atoms with Crippen molar-refractivity contribution >= 4 is 17.7 Å². The van der Waals surface area contributed by atoms with Crippen LogP contribution >= 0.6 is 0 Å². The average Bonchev–Trinajstić information content (AvgIpc) is 2.68. The molecule has 1 aliphatic heterocycles. The molecule has 1 fully saturated rings. The van der Waals surface area contributed by atoms with Crippen LogP contribution in [0.25, 0.3) is 11.1 Å². The largest absolute Gasteiger partial charge is 0.444 e. The average molecular weight is 389 g/mol. The number of anilines is 2. The summed E-state index contributed by atoms with van der Waals surface area (Å²) in [6.07, 6.45) is -2.67. The summed E-state index contributed by atoms with van der Waals surface area (Å²) in [5.41, 5.74) is 13.0. The number of rotatable bonds is 5. The van der Waals surface area contributed by atoms with Crippen LogP contribution in [0.4, 0.5) is 11.8 Å². The number of hydrogen-bond donors (Lipinski definition) is 4. The SMILES string of the molecule is C[C@H](O)[C@@H](O)Oc1nc(N)nc(N)c1-c1ccc(C(=O)N2CCOCC2)cc1. The van der Waals surface area contributed by atoms with E-state index in [0.29, 0.717) is 43.0 Å². The number of ether oxygens (including phenoxy) is 2. The molecule has 2 heterocycles. The molecular formula is C18H23N5O5. The molecule has 1 aliphatic rings. The van der Waals surface area contributed by atoms with Gasteiger partial charge in [0, 0.05) is 18.7 Å². The zero-order valence-electron chi connectivity index (χ0n) is 15.4. The van der Waals surface area contributed by atoms with Crippen LogP contribution in [0.5, 0.6) is 5.88 Å². The third-order valence-corrected chi connectivity index (χ3v) is 4.28. The topological polar surface area (TPSA) is 157 Å². The third kappa shape index (κ3) is 4.30. The van der Waals surface area contributed by atoms with Crippen molar-refractivity contribution in [1.29, 1.82) is 0 Å². The van der Waals surface area contributed by atoms with E-state index in [9.17, 15) is 15.0 Å². The third-order valence-electron chi connectivity index (χ3n) is 4.28. The van der Waals surface area contributed by atoms with Gasteiger partial charge in [0.05, 0.1) is 18.8 Å². The van der Waals surface area contributed by atoms with E-state index in [0.717, 1.165) is 0 Å². The van der Waals surface area contributed by atoms with Gasteiger partial charge in [-0.3, -0.25) is 4.79 Å². The number of amides is 1. The van der Waals surface area contributed by atoms with Crippen molar-refractivity contribution < 1.29 is 24.5 Å². The van der Waals surface area contributed by atoms with Gasteiger partial charge in [0.2, 0.25) is 18.1 Å². The van der Waals surface area contributed by atoms with Gasteiger partial charge in [-0.15, -0.1) is 0 Å². The van der Waals surface area contributed by atoms with E-state index in [1.165, 1.54) is 6.92 Å². The molecule has 1 aromatic carbocycles. The van der Waals surface area contributed by atoms with E-state index in [4.69, 9.17) is 20.9 Å². The molecule has 0 saturated carbocycles. The van der Waals surface area contributed by atoms with Crippen LogP contribution in [-0.4, -0.2) is 69.7 Å². The van der Waals surface area contributed by atoms with E-state index < -0.39 is 12.4 Å². The molecule has 1 aromatic heterocycles. The fourth-order valence-corrected chi connectivity index (χ4v) is 2.77. The maximum atomic E-state index is 12.6. The monoisotopic (exact) mass is 389 g/mol. The molecule has 28 heavy (non-hydrogen) atoms. The summed E-state index contributed by atoms with van der Waals surface area (Å²) in [5.74, 6) is -0.233. The minimum Gasteiger partial charge on any atom is -0.444 e. The summed E-state index contributed by atoms with van der Waals surface area (Å²) in [4.78, 5) is 22.2. The molecule has 2 atom stereocenters. The summed E-state index contributed by atoms with van der Waals surface area (Å²) in [5, 5.41) is 19.3. The first-order valence-corrected chi connectivity index (χ1v) is 8.80. The van der Waals surface area contributed by atoms with Gasteiger partial charge in [-0.05, 0) is 24.6 Å². The van der Waals surface area contributed by atoms with Crippen molar-refractivity contribution in [2.75, 3.05) is 37.8 Å². The highest BCUT2D eigenvalue weighted by Crippen LogP contribution is 2.34. The van der Waals surface area contributed by atoms with Crippen molar-refractivity contribution in [3.8, 4) is 17.0 Å². The van der Waals surface area contributed by atoms with E-state index >= 15 is 0 Å². The predicted molar refractivity (Wildman–Crippen MR) is 101 cm³/mol. The highest BCUT2D eigenvalue weighted by atomic mass is 16.6. The van der Waals surface area contributed by atoms with Gasteiger partial charge in [-0.2, -0.15) is 9.97 Å². The molecule has 6 N–H and O–H groups in total. The van der Waals surface area contributed by atoms with Gasteiger partial charge < -0.3 is 36.1 Å². The predicted octanol–water partition coefficient (Wildman–Crippen LogP) is -0.142. The van der Waals surface area contributed by atoms with Crippen molar-refractivity contribution in [1.82, 2.24) is 14.9 Å². The first-order chi connectivity index (χ1) is 13.4. The standard InChI is InChI=1S/C18H23N5O5/c1-10(24)17(26)28-15-13(14(19)21-18(20)22-15)11-2-4-12(5-3-11)16(25)23-6-8-27-9-7-23/h2-5,10,17,24,26H,6-9H2,1H3,(H4,19,20,21,22)/t10-,17-/m0/s1. The quantitative estimate of drug-likeness (QED) is 0.511. The summed E-state index contributed by atoms with van der Waals surface area (Å²) >= 11 is 0. The number of carbonyl (C=O) groups excluding carboxylic acids is 1. The summed E-state index contributed by atoms with van der Waals surface area (Å²) < 4.78 is 10.6. The number of nitrogen functional groups attached to an aromatic ring is 2. The molecule has 150 valence electrons. The van der Waals surface area contributed by atoms with Crippen LogP contribution in [0, 0.1) is 0 Å². The Kier molecular flexibility index (Phi) is 5.93. The molecule has 10 nitrogen and oxygen atoms in total. The normalized spacial score (nSPS) is 16.5. The van der Waals surface area contributed by atoms with Gasteiger partial charge in [-0.25, -0.2) is 0 Å². The number of hydrogen-bond acceptors (Lipinski definition) is 9. The van der Waals surface area contributed by atoms with Crippen molar-refractivity contribution in [3.63, 3.8) is 0 Å². The van der Waals surface area contributed by atoms with Crippen LogP contribution in [0.2, 0.25) is 0 Å². The highest BCUT2D eigenvalue weighted by molar-refractivity contribution is 5.95. The lowest BCUT2D eigenvalue weighted by Crippen LogP contribution is -2.40. The van der Waals surface area contributed by atoms with E-state index in [-0.39, 0.29) is 23.6 Å². The zero-order chi connectivity index (χ0) is 20.3. The van der Waals surface area contributed by atoms with Crippen LogP contribution in [0.15, 0.2) is 24.3 Å². The van der Waals surface area contributed by atoms with Gasteiger partial charge in [0.1, 0.15) is 11.9 Å². The van der Waals surface area contributed by atoms with Crippen molar-refractivity contribution in [2.24, 2.45) is 0 Å². The van der Waals surface area contributed by atoms with Crippen LogP contribution < -0.4 is 16.2 Å². The van der Waals surface area contributed by atoms with Crippen LogP contribution in [0.1, 0.15) is 17.3 Å². The van der Waals surface area contributed by atoms with Gasteiger partial charge in [0.15, 0.2) is 0 Å². The first kappa shape index (κ1) is 19.8. The molecule has 2 aromatic rings. The number of nitrogens with zero attached hydrogens (tertiary/aromatic N) is 3. The number of aromatic nitrogens is 2. The maximum Gasteiger partial charge on any atom is 0.254 e. The second-order valence-electron chi connectivity index (χ2n) is 6.38. The van der Waals surface area contributed by atoms with Crippen LogP contribution in [-0.2, 0) is 4.74 Å². The molecule has 0 radical (unpaired) electrons. The number of morpholine rings is 1. The minimum atomic E-state index is -1.52. The number of benzene rings is 1. The number of aliphatic hydroxyl groups excluding tert-OH is 2. The molecule has 0 unspecified atom stereocenters. The lowest BCUT2D eigenvalue weighted by Gasteiger charge is -2.27. The summed E-state index contributed by atoms with van der Waals surface area (Å²) in [6, 6.07) is 6.69. The van der Waals surface area contributed by atoms with Gasteiger partial charge in [0.25, 0.3) is 5.91 Å².